The molecule has 0 spiro atoms. The number of carbonyl (C=O) groups is 1. The number of hydrogen-bond donors (Lipinski definition) is 0. The molecule has 3 heterocycles. The number of rotatable bonds is 4. The summed E-state index contributed by atoms with van der Waals surface area (Å²) in [5, 5.41) is 0. The lowest BCUT2D eigenvalue weighted by Gasteiger charge is -2.16. The van der Waals surface area contributed by atoms with E-state index in [-0.39, 0.29) is 5.91 Å². The summed E-state index contributed by atoms with van der Waals surface area (Å²) >= 11 is 0. The lowest BCUT2D eigenvalue weighted by Crippen LogP contribution is -2.27. The van der Waals surface area contributed by atoms with Crippen LogP contribution in [0.5, 0.6) is 0 Å². The van der Waals surface area contributed by atoms with Crippen molar-refractivity contribution in [3.05, 3.63) is 78.6 Å². The average molecular weight is 356 g/mol. The molecule has 0 saturated carbocycles. The topological polar surface area (TPSA) is 84.8 Å². The molecule has 0 bridgehead atoms. The molecule has 7 heteroatoms. The van der Waals surface area contributed by atoms with Crippen molar-refractivity contribution in [3.63, 3.8) is 0 Å². The number of pyridine rings is 1. The quantitative estimate of drug-likeness (QED) is 0.559. The van der Waals surface area contributed by atoms with Gasteiger partial charge in [-0.2, -0.15) is 0 Å². The molecule has 0 saturated heterocycles. The fourth-order valence-electron chi connectivity index (χ4n) is 2.69. The van der Waals surface area contributed by atoms with Crippen LogP contribution in [0.3, 0.4) is 0 Å². The van der Waals surface area contributed by atoms with E-state index >= 15 is 0 Å². The molecule has 0 atom stereocenters. The van der Waals surface area contributed by atoms with Crippen LogP contribution < -0.4 is 0 Å². The number of benzene rings is 1. The van der Waals surface area contributed by atoms with Crippen molar-refractivity contribution in [3.8, 4) is 11.4 Å². The van der Waals surface area contributed by atoms with Crippen molar-refractivity contribution in [1.29, 1.82) is 0 Å². The van der Waals surface area contributed by atoms with Crippen LogP contribution >= 0.6 is 0 Å². The molecule has 7 nitrogen and oxygen atoms in total. The summed E-state index contributed by atoms with van der Waals surface area (Å²) in [6, 6.07) is 11.3. The largest absolute Gasteiger partial charge is 0.336 e. The van der Waals surface area contributed by atoms with Gasteiger partial charge >= 0.3 is 0 Å². The van der Waals surface area contributed by atoms with Gasteiger partial charge in [-0.15, -0.1) is 0 Å². The van der Waals surface area contributed by atoms with Gasteiger partial charge < -0.3 is 4.90 Å². The molecular weight excluding hydrogens is 340 g/mol. The van der Waals surface area contributed by atoms with Gasteiger partial charge in [-0.25, -0.2) is 15.0 Å². The maximum atomic E-state index is 12.6. The molecule has 4 rings (SSSR count). The Hall–Kier alpha value is -3.74. The van der Waals surface area contributed by atoms with Gasteiger partial charge in [-0.3, -0.25) is 14.8 Å². The first-order chi connectivity index (χ1) is 13.2. The van der Waals surface area contributed by atoms with Crippen molar-refractivity contribution >= 4 is 16.9 Å². The SMILES string of the molecule is CN(Cc1cnc2ccccc2n1)C(=O)c1cnc(-c2cccnc2)nc1. The molecule has 4 aromatic rings. The highest BCUT2D eigenvalue weighted by Gasteiger charge is 2.14. The van der Waals surface area contributed by atoms with Gasteiger partial charge in [0.05, 0.1) is 35.0 Å². The highest BCUT2D eigenvalue weighted by molar-refractivity contribution is 5.93. The fourth-order valence-corrected chi connectivity index (χ4v) is 2.69. The molecular formula is C20H16N6O. The summed E-state index contributed by atoms with van der Waals surface area (Å²) in [7, 11) is 1.72. The Morgan fingerprint density at radius 1 is 0.926 bits per heavy atom. The van der Waals surface area contributed by atoms with E-state index in [4.69, 9.17) is 0 Å². The molecule has 132 valence electrons. The minimum atomic E-state index is -0.178. The Morgan fingerprint density at radius 3 is 2.44 bits per heavy atom. The zero-order valence-corrected chi connectivity index (χ0v) is 14.6. The molecule has 0 aliphatic rings. The molecule has 0 aliphatic carbocycles. The van der Waals surface area contributed by atoms with Gasteiger partial charge in [-0.1, -0.05) is 12.1 Å². The Labute approximate surface area is 155 Å². The van der Waals surface area contributed by atoms with Gasteiger partial charge in [0.2, 0.25) is 0 Å². The van der Waals surface area contributed by atoms with Crippen LogP contribution in [-0.4, -0.2) is 42.8 Å². The van der Waals surface area contributed by atoms with E-state index in [2.05, 4.69) is 24.9 Å². The monoisotopic (exact) mass is 356 g/mol. The molecule has 1 aromatic carbocycles. The number of amides is 1. The maximum Gasteiger partial charge on any atom is 0.257 e. The van der Waals surface area contributed by atoms with Crippen molar-refractivity contribution in [1.82, 2.24) is 29.8 Å². The normalized spacial score (nSPS) is 10.7. The Balaban J connectivity index is 1.49. The second-order valence-corrected chi connectivity index (χ2v) is 6.05. The van der Waals surface area contributed by atoms with E-state index in [1.165, 1.54) is 12.4 Å². The number of aromatic nitrogens is 5. The first-order valence-electron chi connectivity index (χ1n) is 8.39. The Bertz CT molecular complexity index is 1080. The van der Waals surface area contributed by atoms with Gasteiger partial charge in [-0.05, 0) is 24.3 Å². The molecule has 0 unspecified atom stereocenters. The van der Waals surface area contributed by atoms with Crippen LogP contribution in [0.25, 0.3) is 22.4 Å². The lowest BCUT2D eigenvalue weighted by atomic mass is 10.2. The van der Waals surface area contributed by atoms with Crippen molar-refractivity contribution in [2.45, 2.75) is 6.54 Å². The Morgan fingerprint density at radius 2 is 1.70 bits per heavy atom. The van der Waals surface area contributed by atoms with E-state index in [1.807, 2.05) is 36.4 Å². The van der Waals surface area contributed by atoms with E-state index in [0.717, 1.165) is 22.3 Å². The molecule has 0 aliphatic heterocycles. The van der Waals surface area contributed by atoms with Gasteiger partial charge in [0.15, 0.2) is 5.82 Å². The van der Waals surface area contributed by atoms with Gasteiger partial charge in [0.1, 0.15) is 0 Å². The minimum absolute atomic E-state index is 0.178. The van der Waals surface area contributed by atoms with Crippen LogP contribution in [0, 0.1) is 0 Å². The molecule has 1 amide bonds. The minimum Gasteiger partial charge on any atom is -0.336 e. The number of hydrogen-bond acceptors (Lipinski definition) is 6. The lowest BCUT2D eigenvalue weighted by molar-refractivity contribution is 0.0782. The van der Waals surface area contributed by atoms with Crippen molar-refractivity contribution < 1.29 is 4.79 Å². The zero-order valence-electron chi connectivity index (χ0n) is 14.6. The van der Waals surface area contributed by atoms with E-state index < -0.39 is 0 Å². The first-order valence-corrected chi connectivity index (χ1v) is 8.39. The predicted octanol–water partition coefficient (Wildman–Crippen LogP) is 2.75. The third-order valence-corrected chi connectivity index (χ3v) is 4.06. The van der Waals surface area contributed by atoms with E-state index in [9.17, 15) is 4.79 Å². The third kappa shape index (κ3) is 3.62. The summed E-state index contributed by atoms with van der Waals surface area (Å²) in [4.78, 5) is 35.7. The zero-order chi connectivity index (χ0) is 18.6. The molecule has 3 aromatic heterocycles. The second-order valence-electron chi connectivity index (χ2n) is 6.05. The smallest absolute Gasteiger partial charge is 0.257 e. The van der Waals surface area contributed by atoms with Crippen LogP contribution in [0.4, 0.5) is 0 Å². The number of nitrogens with zero attached hydrogens (tertiary/aromatic N) is 6. The maximum absolute atomic E-state index is 12.6. The van der Waals surface area contributed by atoms with Crippen LogP contribution in [0.2, 0.25) is 0 Å². The first kappa shape index (κ1) is 16.7. The number of fused-ring (bicyclic) bond motifs is 1. The highest BCUT2D eigenvalue weighted by Crippen LogP contribution is 2.14. The number of para-hydroxylation sites is 2. The third-order valence-electron chi connectivity index (χ3n) is 4.06. The van der Waals surface area contributed by atoms with Gasteiger partial charge in [0, 0.05) is 37.4 Å². The van der Waals surface area contributed by atoms with E-state index in [1.54, 1.807) is 30.5 Å². The standard InChI is InChI=1S/C20H16N6O/c1-26(13-16-12-22-17-6-2-3-7-18(17)25-16)20(27)15-10-23-19(24-11-15)14-5-4-8-21-9-14/h2-12H,13H2,1H3. The summed E-state index contributed by atoms with van der Waals surface area (Å²) < 4.78 is 0. The second kappa shape index (κ2) is 7.25. The highest BCUT2D eigenvalue weighted by atomic mass is 16.2. The molecule has 0 fully saturated rings. The summed E-state index contributed by atoms with van der Waals surface area (Å²) in [6.45, 7) is 0.348. The number of carbonyl (C=O) groups excluding carboxylic acids is 1. The van der Waals surface area contributed by atoms with Crippen molar-refractivity contribution in [2.24, 2.45) is 0 Å². The van der Waals surface area contributed by atoms with Crippen LogP contribution in [0.15, 0.2) is 67.4 Å². The molecule has 0 N–H and O–H groups in total. The van der Waals surface area contributed by atoms with E-state index in [0.29, 0.717) is 17.9 Å². The summed E-state index contributed by atoms with van der Waals surface area (Å²) in [6.07, 6.45) is 8.11. The van der Waals surface area contributed by atoms with Gasteiger partial charge in [0.25, 0.3) is 5.91 Å². The fraction of sp³-hybridized carbons (Fsp3) is 0.100. The molecule has 0 radical (unpaired) electrons. The average Bonchev–Trinajstić information content (AvgIpc) is 2.74. The predicted molar refractivity (Wildman–Crippen MR) is 101 cm³/mol. The summed E-state index contributed by atoms with van der Waals surface area (Å²) in [5.74, 6) is 0.352. The van der Waals surface area contributed by atoms with Crippen molar-refractivity contribution in [2.75, 3.05) is 7.05 Å². The molecule has 27 heavy (non-hydrogen) atoms. The van der Waals surface area contributed by atoms with Crippen LogP contribution in [0.1, 0.15) is 16.1 Å². The summed E-state index contributed by atoms with van der Waals surface area (Å²) in [5.41, 5.74) is 3.57. The van der Waals surface area contributed by atoms with Crippen LogP contribution in [-0.2, 0) is 6.54 Å². The Kier molecular flexibility index (Phi) is 4.49.